The summed E-state index contributed by atoms with van der Waals surface area (Å²) in [7, 11) is 0. The first-order valence-corrected chi connectivity index (χ1v) is 7.10. The number of ether oxygens (including phenoxy) is 2. The number of rotatable bonds is 4. The van der Waals surface area contributed by atoms with Gasteiger partial charge in [0.1, 0.15) is 0 Å². The summed E-state index contributed by atoms with van der Waals surface area (Å²) < 4.78 is 10.6. The van der Waals surface area contributed by atoms with Crippen molar-refractivity contribution in [2.24, 2.45) is 0 Å². The van der Waals surface area contributed by atoms with Gasteiger partial charge in [-0.2, -0.15) is 0 Å². The Labute approximate surface area is 124 Å². The number of amides is 1. The first-order chi connectivity index (χ1) is 9.48. The molecule has 1 unspecified atom stereocenters. The molecule has 1 fully saturated rings. The van der Waals surface area contributed by atoms with E-state index >= 15 is 0 Å². The highest BCUT2D eigenvalue weighted by Gasteiger charge is 2.28. The summed E-state index contributed by atoms with van der Waals surface area (Å²) in [6.07, 6.45) is 0.140. The lowest BCUT2D eigenvalue weighted by Gasteiger charge is -2.30. The molecule has 1 aliphatic rings. The summed E-state index contributed by atoms with van der Waals surface area (Å²) in [5.74, 6) is -0.137. The molecule has 0 saturated carbocycles. The molecule has 1 saturated heterocycles. The average molecular weight is 298 g/mol. The van der Waals surface area contributed by atoms with Crippen LogP contribution in [0.3, 0.4) is 0 Å². The summed E-state index contributed by atoms with van der Waals surface area (Å²) >= 11 is 6.16. The zero-order valence-electron chi connectivity index (χ0n) is 11.8. The molecular weight excluding hydrogens is 278 g/mol. The van der Waals surface area contributed by atoms with Crippen molar-refractivity contribution >= 4 is 17.5 Å². The number of halogens is 1. The topological polar surface area (TPSA) is 47.6 Å². The van der Waals surface area contributed by atoms with Gasteiger partial charge in [0.25, 0.3) is 5.91 Å². The third kappa shape index (κ3) is 4.20. The number of carbonyl (C=O) groups is 1. The quantitative estimate of drug-likeness (QED) is 0.927. The summed E-state index contributed by atoms with van der Waals surface area (Å²) in [5.41, 5.74) is 0.614. The van der Waals surface area contributed by atoms with E-state index in [-0.39, 0.29) is 5.91 Å². The molecule has 4 nitrogen and oxygen atoms in total. The molecule has 1 atom stereocenters. The zero-order chi connectivity index (χ0) is 14.6. The average Bonchev–Trinajstić information content (AvgIpc) is 2.41. The number of benzene rings is 1. The lowest BCUT2D eigenvalue weighted by Crippen LogP contribution is -2.52. The number of nitrogens with one attached hydrogen (secondary N) is 1. The van der Waals surface area contributed by atoms with E-state index in [1.807, 2.05) is 38.1 Å². The highest BCUT2D eigenvalue weighted by atomic mass is 35.5. The molecule has 0 bridgehead atoms. The van der Waals surface area contributed by atoms with Gasteiger partial charge in [-0.1, -0.05) is 29.8 Å². The minimum atomic E-state index is -0.519. The molecule has 1 N–H and O–H groups in total. The second-order valence-corrected chi connectivity index (χ2v) is 5.98. The lowest BCUT2D eigenvalue weighted by atomic mass is 9.94. The van der Waals surface area contributed by atoms with E-state index in [0.29, 0.717) is 31.3 Å². The van der Waals surface area contributed by atoms with E-state index in [0.717, 1.165) is 5.56 Å². The fourth-order valence-corrected chi connectivity index (χ4v) is 2.42. The van der Waals surface area contributed by atoms with Gasteiger partial charge < -0.3 is 14.8 Å². The van der Waals surface area contributed by atoms with Crippen LogP contribution in [0.4, 0.5) is 0 Å². The molecule has 2 rings (SSSR count). The Morgan fingerprint density at radius 1 is 1.40 bits per heavy atom. The van der Waals surface area contributed by atoms with Gasteiger partial charge in [0, 0.05) is 10.6 Å². The summed E-state index contributed by atoms with van der Waals surface area (Å²) in [4.78, 5) is 12.1. The van der Waals surface area contributed by atoms with Gasteiger partial charge in [0.05, 0.1) is 19.8 Å². The largest absolute Gasteiger partial charge is 0.376 e. The normalized spacial score (nSPS) is 19.6. The molecule has 20 heavy (non-hydrogen) atoms. The second kappa shape index (κ2) is 6.57. The zero-order valence-corrected chi connectivity index (χ0v) is 12.6. The van der Waals surface area contributed by atoms with Gasteiger partial charge in [-0.15, -0.1) is 0 Å². The molecule has 0 spiro atoms. The maximum absolute atomic E-state index is 12.1. The smallest absolute Gasteiger partial charge is 0.251 e. The predicted molar refractivity (Wildman–Crippen MR) is 77.9 cm³/mol. The van der Waals surface area contributed by atoms with E-state index < -0.39 is 11.6 Å². The van der Waals surface area contributed by atoms with Gasteiger partial charge in [-0.3, -0.25) is 4.79 Å². The molecular formula is C15H20ClNO3. The van der Waals surface area contributed by atoms with Crippen LogP contribution < -0.4 is 5.32 Å². The van der Waals surface area contributed by atoms with Crippen molar-refractivity contribution in [2.75, 3.05) is 19.8 Å². The van der Waals surface area contributed by atoms with Gasteiger partial charge >= 0.3 is 0 Å². The number of hydrogen-bond acceptors (Lipinski definition) is 3. The Kier molecular flexibility index (Phi) is 5.02. The van der Waals surface area contributed by atoms with Crippen LogP contribution in [0.1, 0.15) is 19.4 Å². The maximum Gasteiger partial charge on any atom is 0.251 e. The minimum Gasteiger partial charge on any atom is -0.376 e. The van der Waals surface area contributed by atoms with E-state index in [1.54, 1.807) is 0 Å². The van der Waals surface area contributed by atoms with Gasteiger partial charge in [-0.25, -0.2) is 0 Å². The third-order valence-electron chi connectivity index (χ3n) is 3.16. The van der Waals surface area contributed by atoms with Gasteiger partial charge in [-0.05, 0) is 31.9 Å². The number of carbonyl (C=O) groups excluding carboxylic acids is 1. The molecule has 110 valence electrons. The Morgan fingerprint density at radius 2 is 2.15 bits per heavy atom. The molecule has 1 aromatic carbocycles. The van der Waals surface area contributed by atoms with Crippen molar-refractivity contribution in [1.29, 1.82) is 0 Å². The second-order valence-electron chi connectivity index (χ2n) is 5.58. The fourth-order valence-electron chi connectivity index (χ4n) is 2.22. The van der Waals surface area contributed by atoms with E-state index in [4.69, 9.17) is 21.1 Å². The first-order valence-electron chi connectivity index (χ1n) is 6.73. The van der Waals surface area contributed by atoms with Crippen LogP contribution in [0.5, 0.6) is 0 Å². The fraction of sp³-hybridized carbons (Fsp3) is 0.533. The molecule has 1 aliphatic heterocycles. The van der Waals surface area contributed by atoms with E-state index in [1.165, 1.54) is 0 Å². The van der Waals surface area contributed by atoms with Crippen molar-refractivity contribution in [3.8, 4) is 0 Å². The van der Waals surface area contributed by atoms with Crippen molar-refractivity contribution < 1.29 is 14.3 Å². The first kappa shape index (κ1) is 15.3. The third-order valence-corrected chi connectivity index (χ3v) is 3.53. The van der Waals surface area contributed by atoms with Crippen LogP contribution in [-0.4, -0.2) is 37.4 Å². The predicted octanol–water partition coefficient (Wildman–Crippen LogP) is 2.19. The molecule has 0 aromatic heterocycles. The summed E-state index contributed by atoms with van der Waals surface area (Å²) in [6.45, 7) is 5.26. The van der Waals surface area contributed by atoms with Crippen molar-refractivity contribution in [3.63, 3.8) is 0 Å². The lowest BCUT2D eigenvalue weighted by molar-refractivity contribution is -0.149. The van der Waals surface area contributed by atoms with E-state index in [9.17, 15) is 4.79 Å². The summed E-state index contributed by atoms with van der Waals surface area (Å²) in [6, 6.07) is 7.66. The SMILES string of the molecule is CC(C)(Cc1ccccc1Cl)NC(=O)C1COCCO1. The van der Waals surface area contributed by atoms with Crippen LogP contribution >= 0.6 is 11.6 Å². The van der Waals surface area contributed by atoms with Crippen LogP contribution in [-0.2, 0) is 20.7 Å². The molecule has 1 amide bonds. The van der Waals surface area contributed by atoms with E-state index in [2.05, 4.69) is 5.32 Å². The number of hydrogen-bond donors (Lipinski definition) is 1. The molecule has 5 heteroatoms. The molecule has 0 radical (unpaired) electrons. The van der Waals surface area contributed by atoms with Crippen LogP contribution in [0.25, 0.3) is 0 Å². The monoisotopic (exact) mass is 297 g/mol. The molecule has 1 aromatic rings. The Morgan fingerprint density at radius 3 is 2.80 bits per heavy atom. The van der Waals surface area contributed by atoms with Crippen molar-refractivity contribution in [2.45, 2.75) is 31.9 Å². The Balaban J connectivity index is 1.96. The van der Waals surface area contributed by atoms with Crippen LogP contribution in [0, 0.1) is 0 Å². The maximum atomic E-state index is 12.1. The molecule has 1 heterocycles. The van der Waals surface area contributed by atoms with Crippen LogP contribution in [0.15, 0.2) is 24.3 Å². The molecule has 0 aliphatic carbocycles. The Bertz CT molecular complexity index is 470. The highest BCUT2D eigenvalue weighted by molar-refractivity contribution is 6.31. The van der Waals surface area contributed by atoms with Gasteiger partial charge in [0.2, 0.25) is 0 Å². The summed E-state index contributed by atoms with van der Waals surface area (Å²) in [5, 5.41) is 3.71. The van der Waals surface area contributed by atoms with Crippen LogP contribution in [0.2, 0.25) is 5.02 Å². The van der Waals surface area contributed by atoms with Gasteiger partial charge in [0.15, 0.2) is 6.10 Å². The standard InChI is InChI=1S/C15H20ClNO3/c1-15(2,9-11-5-3-4-6-12(11)16)17-14(18)13-10-19-7-8-20-13/h3-6,13H,7-10H2,1-2H3,(H,17,18). The Hall–Kier alpha value is -1.10. The highest BCUT2D eigenvalue weighted by Crippen LogP contribution is 2.21. The van der Waals surface area contributed by atoms with Crippen molar-refractivity contribution in [3.05, 3.63) is 34.9 Å². The minimum absolute atomic E-state index is 0.137. The van der Waals surface area contributed by atoms with Crippen molar-refractivity contribution in [1.82, 2.24) is 5.32 Å².